The van der Waals surface area contributed by atoms with Gasteiger partial charge in [0, 0.05) is 12.3 Å². The van der Waals surface area contributed by atoms with Gasteiger partial charge in [0.15, 0.2) is 0 Å². The minimum atomic E-state index is -0.222. The van der Waals surface area contributed by atoms with E-state index < -0.39 is 0 Å². The first-order chi connectivity index (χ1) is 7.16. The second kappa shape index (κ2) is 4.49. The number of rotatable bonds is 2. The molecule has 0 aromatic heterocycles. The van der Waals surface area contributed by atoms with E-state index in [2.05, 4.69) is 21.2 Å². The van der Waals surface area contributed by atoms with Crippen LogP contribution in [0.2, 0.25) is 0 Å². The van der Waals surface area contributed by atoms with Crippen molar-refractivity contribution in [2.75, 3.05) is 18.5 Å². The third-order valence-corrected chi connectivity index (χ3v) is 3.16. The Morgan fingerprint density at radius 2 is 2.33 bits per heavy atom. The molecule has 0 radical (unpaired) electrons. The molecule has 1 saturated heterocycles. The van der Waals surface area contributed by atoms with Gasteiger partial charge >= 0.3 is 0 Å². The van der Waals surface area contributed by atoms with Crippen molar-refractivity contribution in [2.24, 2.45) is 0 Å². The molecule has 0 aliphatic carbocycles. The Kier molecular flexibility index (Phi) is 3.26. The van der Waals surface area contributed by atoms with Crippen molar-refractivity contribution in [3.05, 3.63) is 28.0 Å². The zero-order chi connectivity index (χ0) is 10.8. The molecule has 1 heterocycles. The molecule has 4 heteroatoms. The van der Waals surface area contributed by atoms with Crippen LogP contribution >= 0.6 is 15.9 Å². The van der Waals surface area contributed by atoms with E-state index in [1.807, 2.05) is 6.92 Å². The molecule has 0 bridgehead atoms. The molecule has 15 heavy (non-hydrogen) atoms. The fourth-order valence-electron chi connectivity index (χ4n) is 1.67. The number of aryl methyl sites for hydroxylation is 1. The van der Waals surface area contributed by atoms with Crippen LogP contribution in [-0.2, 0) is 4.74 Å². The molecule has 1 aromatic rings. The van der Waals surface area contributed by atoms with Crippen molar-refractivity contribution in [1.82, 2.24) is 0 Å². The van der Waals surface area contributed by atoms with Gasteiger partial charge in [0.05, 0.1) is 17.1 Å². The first-order valence-corrected chi connectivity index (χ1v) is 5.76. The zero-order valence-corrected chi connectivity index (χ0v) is 10.1. The second-order valence-corrected chi connectivity index (χ2v) is 4.64. The molecule has 1 aromatic carbocycles. The van der Waals surface area contributed by atoms with E-state index in [1.165, 1.54) is 6.07 Å². The van der Waals surface area contributed by atoms with Gasteiger partial charge in [-0.25, -0.2) is 4.39 Å². The van der Waals surface area contributed by atoms with E-state index in [0.717, 1.165) is 30.9 Å². The molecule has 1 atom stereocenters. The van der Waals surface area contributed by atoms with Crippen molar-refractivity contribution in [1.29, 1.82) is 0 Å². The predicted octanol–water partition coefficient (Wildman–Crippen LogP) is 3.10. The summed E-state index contributed by atoms with van der Waals surface area (Å²) in [4.78, 5) is 0. The summed E-state index contributed by atoms with van der Waals surface area (Å²) >= 11 is 3.18. The zero-order valence-electron chi connectivity index (χ0n) is 8.52. The van der Waals surface area contributed by atoms with Gasteiger partial charge in [0.25, 0.3) is 0 Å². The molecular formula is C11H13BrFNO. The molecule has 2 rings (SSSR count). The smallest absolute Gasteiger partial charge is 0.137 e. The summed E-state index contributed by atoms with van der Waals surface area (Å²) in [6.45, 7) is 3.43. The summed E-state index contributed by atoms with van der Waals surface area (Å²) in [6, 6.07) is 3.66. The molecule has 1 unspecified atom stereocenters. The van der Waals surface area contributed by atoms with Crippen molar-refractivity contribution in [3.8, 4) is 0 Å². The van der Waals surface area contributed by atoms with Crippen LogP contribution in [0.1, 0.15) is 12.0 Å². The predicted molar refractivity (Wildman–Crippen MR) is 61.7 cm³/mol. The summed E-state index contributed by atoms with van der Waals surface area (Å²) in [5.41, 5.74) is 1.89. The van der Waals surface area contributed by atoms with Gasteiger partial charge in [-0.05, 0) is 47.0 Å². The van der Waals surface area contributed by atoms with Gasteiger partial charge in [-0.15, -0.1) is 0 Å². The van der Waals surface area contributed by atoms with Crippen LogP contribution in [0.25, 0.3) is 0 Å². The van der Waals surface area contributed by atoms with Crippen LogP contribution in [0.15, 0.2) is 16.6 Å². The lowest BCUT2D eigenvalue weighted by atomic mass is 10.1. The van der Waals surface area contributed by atoms with Crippen molar-refractivity contribution < 1.29 is 9.13 Å². The van der Waals surface area contributed by atoms with E-state index in [0.29, 0.717) is 10.5 Å². The Balaban J connectivity index is 2.16. The highest BCUT2D eigenvalue weighted by molar-refractivity contribution is 9.10. The van der Waals surface area contributed by atoms with Gasteiger partial charge in [-0.1, -0.05) is 0 Å². The van der Waals surface area contributed by atoms with E-state index in [1.54, 1.807) is 6.07 Å². The summed E-state index contributed by atoms with van der Waals surface area (Å²) in [5.74, 6) is -0.222. The molecular weight excluding hydrogens is 261 g/mol. The number of hydrogen-bond acceptors (Lipinski definition) is 2. The van der Waals surface area contributed by atoms with Crippen LogP contribution in [0.4, 0.5) is 10.1 Å². The third kappa shape index (κ3) is 2.49. The third-order valence-electron chi connectivity index (χ3n) is 2.56. The van der Waals surface area contributed by atoms with E-state index in [4.69, 9.17) is 4.74 Å². The minimum absolute atomic E-state index is 0.222. The van der Waals surface area contributed by atoms with Crippen molar-refractivity contribution in [3.63, 3.8) is 0 Å². The highest BCUT2D eigenvalue weighted by atomic mass is 79.9. The Morgan fingerprint density at radius 3 is 3.00 bits per heavy atom. The molecule has 2 nitrogen and oxygen atoms in total. The van der Waals surface area contributed by atoms with Crippen LogP contribution in [0, 0.1) is 12.7 Å². The van der Waals surface area contributed by atoms with E-state index in [9.17, 15) is 4.39 Å². The van der Waals surface area contributed by atoms with Gasteiger partial charge in [-0.2, -0.15) is 0 Å². The SMILES string of the molecule is Cc1cc(F)c(Br)cc1NC1CCOC1. The number of benzene rings is 1. The highest BCUT2D eigenvalue weighted by Crippen LogP contribution is 2.25. The number of hydrogen-bond donors (Lipinski definition) is 1. The molecule has 82 valence electrons. The molecule has 1 aliphatic rings. The van der Waals surface area contributed by atoms with E-state index >= 15 is 0 Å². The van der Waals surface area contributed by atoms with Crippen LogP contribution in [-0.4, -0.2) is 19.3 Å². The Bertz CT molecular complexity index is 364. The van der Waals surface area contributed by atoms with Crippen LogP contribution in [0.3, 0.4) is 0 Å². The summed E-state index contributed by atoms with van der Waals surface area (Å²) < 4.78 is 18.9. The van der Waals surface area contributed by atoms with Crippen LogP contribution < -0.4 is 5.32 Å². The van der Waals surface area contributed by atoms with Gasteiger partial charge in [0.2, 0.25) is 0 Å². The Morgan fingerprint density at radius 1 is 1.53 bits per heavy atom. The maximum atomic E-state index is 13.2. The molecule has 1 fully saturated rings. The quantitative estimate of drug-likeness (QED) is 0.894. The molecule has 1 aliphatic heterocycles. The normalized spacial score (nSPS) is 20.6. The first kappa shape index (κ1) is 10.9. The van der Waals surface area contributed by atoms with Gasteiger partial charge in [0.1, 0.15) is 5.82 Å². The average Bonchev–Trinajstić information content (AvgIpc) is 2.67. The molecule has 1 N–H and O–H groups in total. The highest BCUT2D eigenvalue weighted by Gasteiger charge is 2.16. The number of nitrogens with one attached hydrogen (secondary N) is 1. The maximum Gasteiger partial charge on any atom is 0.137 e. The minimum Gasteiger partial charge on any atom is -0.380 e. The summed E-state index contributed by atoms with van der Waals surface area (Å²) in [7, 11) is 0. The fraction of sp³-hybridized carbons (Fsp3) is 0.455. The monoisotopic (exact) mass is 273 g/mol. The van der Waals surface area contributed by atoms with Gasteiger partial charge in [-0.3, -0.25) is 0 Å². The first-order valence-electron chi connectivity index (χ1n) is 4.97. The van der Waals surface area contributed by atoms with Crippen molar-refractivity contribution in [2.45, 2.75) is 19.4 Å². The summed E-state index contributed by atoms with van der Waals surface area (Å²) in [5, 5.41) is 3.36. The maximum absolute atomic E-state index is 13.2. The summed E-state index contributed by atoms with van der Waals surface area (Å²) in [6.07, 6.45) is 1.01. The Labute approximate surface area is 96.9 Å². The molecule has 0 saturated carbocycles. The molecule has 0 amide bonds. The fourth-order valence-corrected chi connectivity index (χ4v) is 2.01. The molecule has 0 spiro atoms. The topological polar surface area (TPSA) is 21.3 Å². The largest absolute Gasteiger partial charge is 0.380 e. The average molecular weight is 274 g/mol. The van der Waals surface area contributed by atoms with Gasteiger partial charge < -0.3 is 10.1 Å². The van der Waals surface area contributed by atoms with Crippen molar-refractivity contribution >= 4 is 21.6 Å². The lowest BCUT2D eigenvalue weighted by molar-refractivity contribution is 0.195. The number of ether oxygens (including phenoxy) is 1. The second-order valence-electron chi connectivity index (χ2n) is 3.79. The number of anilines is 1. The lowest BCUT2D eigenvalue weighted by Crippen LogP contribution is -2.19. The standard InChI is InChI=1S/C11H13BrFNO/c1-7-4-10(13)9(12)5-11(7)14-8-2-3-15-6-8/h4-5,8,14H,2-3,6H2,1H3. The Hall–Kier alpha value is -0.610. The number of halogens is 2. The van der Waals surface area contributed by atoms with Crippen LogP contribution in [0.5, 0.6) is 0 Å². The van der Waals surface area contributed by atoms with E-state index in [-0.39, 0.29) is 5.82 Å². The lowest BCUT2D eigenvalue weighted by Gasteiger charge is -2.15.